The van der Waals surface area contributed by atoms with E-state index in [1.807, 2.05) is 13.0 Å². The second kappa shape index (κ2) is 10.0. The minimum absolute atomic E-state index is 0.263. The van der Waals surface area contributed by atoms with Gasteiger partial charge in [-0.15, -0.1) is 0 Å². The van der Waals surface area contributed by atoms with Gasteiger partial charge in [-0.25, -0.2) is 0 Å². The second-order valence-electron chi connectivity index (χ2n) is 5.21. The van der Waals surface area contributed by atoms with Crippen LogP contribution in [0.2, 0.25) is 5.02 Å². The lowest BCUT2D eigenvalue weighted by molar-refractivity contribution is -0.120. The minimum atomic E-state index is -0.405. The van der Waals surface area contributed by atoms with Crippen molar-refractivity contribution in [2.75, 3.05) is 25.6 Å². The monoisotopic (exact) mass is 387 g/mol. The molecular weight excluding hydrogens is 370 g/mol. The van der Waals surface area contributed by atoms with E-state index in [4.69, 9.17) is 31.2 Å². The Kier molecular flexibility index (Phi) is 7.47. The van der Waals surface area contributed by atoms with Crippen LogP contribution in [-0.4, -0.2) is 32.4 Å². The Labute approximate surface area is 162 Å². The molecule has 0 spiro atoms. The quantitative estimate of drug-likeness (QED) is 0.551. The van der Waals surface area contributed by atoms with E-state index in [2.05, 4.69) is 10.5 Å². The predicted octanol–water partition coefficient (Wildman–Crippen LogP) is 3.61. The smallest absolute Gasteiger partial charge is 0.265 e. The van der Waals surface area contributed by atoms with Crippen LogP contribution in [0.1, 0.15) is 18.1 Å². The first-order chi connectivity index (χ1) is 13.1. The number of ether oxygens (including phenoxy) is 2. The van der Waals surface area contributed by atoms with Crippen LogP contribution < -0.4 is 14.8 Å². The Morgan fingerprint density at radius 1 is 1.30 bits per heavy atom. The summed E-state index contributed by atoms with van der Waals surface area (Å²) in [5.74, 6) is 0.812. The first kappa shape index (κ1) is 20.1. The maximum atomic E-state index is 11.9. The van der Waals surface area contributed by atoms with Crippen LogP contribution in [0.3, 0.4) is 0 Å². The van der Waals surface area contributed by atoms with Gasteiger partial charge in [0.1, 0.15) is 6.07 Å². The highest BCUT2D eigenvalue weighted by Crippen LogP contribution is 2.27. The number of halogens is 1. The van der Waals surface area contributed by atoms with E-state index in [0.717, 1.165) is 5.56 Å². The fourth-order valence-electron chi connectivity index (χ4n) is 2.11. The number of nitriles is 1. The van der Waals surface area contributed by atoms with Gasteiger partial charge in [0.25, 0.3) is 5.91 Å². The highest BCUT2D eigenvalue weighted by atomic mass is 35.5. The highest BCUT2D eigenvalue weighted by Gasteiger charge is 2.06. The van der Waals surface area contributed by atoms with Gasteiger partial charge in [-0.3, -0.25) is 4.79 Å². The molecule has 0 saturated heterocycles. The van der Waals surface area contributed by atoms with Crippen molar-refractivity contribution in [1.29, 1.82) is 5.26 Å². The number of hydrogen-bond donors (Lipinski definition) is 1. The normalized spacial score (nSPS) is 10.3. The number of oxime groups is 1. The summed E-state index contributed by atoms with van der Waals surface area (Å²) in [5, 5.41) is 15.5. The second-order valence-corrected chi connectivity index (χ2v) is 5.61. The Bertz CT molecular complexity index is 878. The molecule has 27 heavy (non-hydrogen) atoms. The average molecular weight is 388 g/mol. The highest BCUT2D eigenvalue weighted by molar-refractivity contribution is 6.32. The molecule has 1 N–H and O–H groups in total. The predicted molar refractivity (Wildman–Crippen MR) is 103 cm³/mol. The van der Waals surface area contributed by atoms with Crippen LogP contribution in [0.25, 0.3) is 0 Å². The molecule has 0 radical (unpaired) electrons. The number of nitrogens with zero attached hydrogens (tertiary/aromatic N) is 2. The number of carbonyl (C=O) groups excluding carboxylic acids is 1. The van der Waals surface area contributed by atoms with E-state index in [9.17, 15) is 4.79 Å². The molecule has 2 rings (SSSR count). The van der Waals surface area contributed by atoms with E-state index >= 15 is 0 Å². The third-order valence-electron chi connectivity index (χ3n) is 3.33. The Balaban J connectivity index is 1.87. The van der Waals surface area contributed by atoms with Gasteiger partial charge in [-0.05, 0) is 43.3 Å². The summed E-state index contributed by atoms with van der Waals surface area (Å²) in [6, 6.07) is 11.9. The van der Waals surface area contributed by atoms with Gasteiger partial charge >= 0.3 is 0 Å². The zero-order chi connectivity index (χ0) is 19.6. The fourth-order valence-corrected chi connectivity index (χ4v) is 2.34. The van der Waals surface area contributed by atoms with Crippen molar-refractivity contribution in [3.05, 3.63) is 52.5 Å². The van der Waals surface area contributed by atoms with Gasteiger partial charge in [-0.1, -0.05) is 16.8 Å². The standard InChI is InChI=1S/C19H18ClN3O4/c1-3-26-17-7-4-13(8-18(17)25-2)11-22-27-12-19(24)23-15-6-5-14(10-21)16(20)9-15/h4-9,11H,3,12H2,1-2H3,(H,23,24)/b22-11-. The van der Waals surface area contributed by atoms with Gasteiger partial charge in [0.05, 0.1) is 30.5 Å². The first-order valence-electron chi connectivity index (χ1n) is 8.03. The third-order valence-corrected chi connectivity index (χ3v) is 3.65. The number of nitrogens with one attached hydrogen (secondary N) is 1. The lowest BCUT2D eigenvalue weighted by atomic mass is 10.2. The maximum absolute atomic E-state index is 11.9. The van der Waals surface area contributed by atoms with Gasteiger partial charge in [0.15, 0.2) is 18.1 Å². The SMILES string of the molecule is CCOc1ccc(/C=N\OCC(=O)Nc2ccc(C#N)c(Cl)c2)cc1OC. The molecule has 0 saturated carbocycles. The molecular formula is C19H18ClN3O4. The molecule has 0 aliphatic carbocycles. The Hall–Kier alpha value is -3.24. The van der Waals surface area contributed by atoms with E-state index in [1.165, 1.54) is 18.3 Å². The zero-order valence-electron chi connectivity index (χ0n) is 14.9. The summed E-state index contributed by atoms with van der Waals surface area (Å²) in [4.78, 5) is 16.8. The molecule has 2 aromatic rings. The number of hydrogen-bond acceptors (Lipinski definition) is 6. The topological polar surface area (TPSA) is 92.9 Å². The first-order valence-corrected chi connectivity index (χ1v) is 8.40. The molecule has 0 aliphatic rings. The van der Waals surface area contributed by atoms with Crippen LogP contribution in [0.4, 0.5) is 5.69 Å². The average Bonchev–Trinajstić information content (AvgIpc) is 2.66. The number of amides is 1. The zero-order valence-corrected chi connectivity index (χ0v) is 15.6. The Morgan fingerprint density at radius 3 is 2.78 bits per heavy atom. The van der Waals surface area contributed by atoms with Crippen LogP contribution in [0.15, 0.2) is 41.6 Å². The van der Waals surface area contributed by atoms with E-state index < -0.39 is 5.91 Å². The van der Waals surface area contributed by atoms with Crippen LogP contribution in [0, 0.1) is 11.3 Å². The van der Waals surface area contributed by atoms with Crippen molar-refractivity contribution in [1.82, 2.24) is 0 Å². The molecule has 2 aromatic carbocycles. The summed E-state index contributed by atoms with van der Waals surface area (Å²) in [7, 11) is 1.55. The van der Waals surface area contributed by atoms with Gasteiger partial charge < -0.3 is 19.6 Å². The molecule has 0 bridgehead atoms. The molecule has 0 unspecified atom stereocenters. The van der Waals surface area contributed by atoms with E-state index in [-0.39, 0.29) is 11.6 Å². The molecule has 140 valence electrons. The Morgan fingerprint density at radius 2 is 2.11 bits per heavy atom. The molecule has 8 heteroatoms. The van der Waals surface area contributed by atoms with E-state index in [1.54, 1.807) is 31.4 Å². The summed E-state index contributed by atoms with van der Waals surface area (Å²) in [6.45, 7) is 2.15. The number of methoxy groups -OCH3 is 1. The van der Waals surface area contributed by atoms with Crippen LogP contribution in [-0.2, 0) is 9.63 Å². The summed E-state index contributed by atoms with van der Waals surface area (Å²) < 4.78 is 10.7. The molecule has 7 nitrogen and oxygen atoms in total. The van der Waals surface area contributed by atoms with Gasteiger partial charge in [0.2, 0.25) is 0 Å². The largest absolute Gasteiger partial charge is 0.493 e. The number of benzene rings is 2. The van der Waals surface area contributed by atoms with E-state index in [0.29, 0.717) is 29.4 Å². The van der Waals surface area contributed by atoms with Crippen molar-refractivity contribution in [2.24, 2.45) is 5.16 Å². The molecule has 1 amide bonds. The summed E-state index contributed by atoms with van der Waals surface area (Å²) in [6.07, 6.45) is 1.46. The summed E-state index contributed by atoms with van der Waals surface area (Å²) >= 11 is 5.92. The fraction of sp³-hybridized carbons (Fsp3) is 0.211. The lowest BCUT2D eigenvalue weighted by Gasteiger charge is -2.09. The molecule has 0 aliphatic heterocycles. The van der Waals surface area contributed by atoms with Crippen molar-refractivity contribution in [2.45, 2.75) is 6.92 Å². The van der Waals surface area contributed by atoms with Crippen molar-refractivity contribution < 1.29 is 19.1 Å². The van der Waals surface area contributed by atoms with Crippen molar-refractivity contribution >= 4 is 29.4 Å². The van der Waals surface area contributed by atoms with Crippen LogP contribution in [0.5, 0.6) is 11.5 Å². The maximum Gasteiger partial charge on any atom is 0.265 e. The minimum Gasteiger partial charge on any atom is -0.493 e. The molecule has 0 heterocycles. The van der Waals surface area contributed by atoms with Crippen molar-refractivity contribution in [3.63, 3.8) is 0 Å². The number of carbonyl (C=O) groups is 1. The molecule has 0 aromatic heterocycles. The third kappa shape index (κ3) is 5.90. The number of anilines is 1. The summed E-state index contributed by atoms with van der Waals surface area (Å²) in [5.41, 5.74) is 1.53. The van der Waals surface area contributed by atoms with Gasteiger partial charge in [-0.2, -0.15) is 5.26 Å². The van der Waals surface area contributed by atoms with Crippen LogP contribution >= 0.6 is 11.6 Å². The molecule has 0 fully saturated rings. The molecule has 0 atom stereocenters. The van der Waals surface area contributed by atoms with Gasteiger partial charge in [0, 0.05) is 11.3 Å². The lowest BCUT2D eigenvalue weighted by Crippen LogP contribution is -2.17. The van der Waals surface area contributed by atoms with Crippen molar-refractivity contribution in [3.8, 4) is 17.6 Å². The number of rotatable bonds is 8.